The second kappa shape index (κ2) is 7.97. The molecule has 1 saturated heterocycles. The van der Waals surface area contributed by atoms with Crippen molar-refractivity contribution in [3.63, 3.8) is 0 Å². The van der Waals surface area contributed by atoms with E-state index >= 15 is 0 Å². The van der Waals surface area contributed by atoms with Gasteiger partial charge in [-0.05, 0) is 18.4 Å². The molecular formula is C16H19F2N5O3. The molecule has 0 bridgehead atoms. The van der Waals surface area contributed by atoms with Gasteiger partial charge in [-0.3, -0.25) is 9.59 Å². The van der Waals surface area contributed by atoms with Crippen LogP contribution in [0.25, 0.3) is 0 Å². The number of hydrogen-bond donors (Lipinski definition) is 2. The van der Waals surface area contributed by atoms with Crippen molar-refractivity contribution in [2.75, 3.05) is 25.5 Å². The summed E-state index contributed by atoms with van der Waals surface area (Å²) in [6.07, 6.45) is 6.77. The molecule has 0 spiro atoms. The van der Waals surface area contributed by atoms with Crippen LogP contribution in [0.4, 0.5) is 14.6 Å². The quantitative estimate of drug-likeness (QED) is 0.542. The molecule has 10 heteroatoms. The van der Waals surface area contributed by atoms with Gasteiger partial charge in [0.05, 0.1) is 18.7 Å². The summed E-state index contributed by atoms with van der Waals surface area (Å²) >= 11 is 0. The number of aromatic nitrogens is 2. The second-order valence-corrected chi connectivity index (χ2v) is 5.61. The molecule has 3 N–H and O–H groups in total. The van der Waals surface area contributed by atoms with Crippen molar-refractivity contribution in [1.82, 2.24) is 14.7 Å². The Hall–Kier alpha value is -2.93. The Kier molecular flexibility index (Phi) is 5.94. The van der Waals surface area contributed by atoms with Crippen LogP contribution in [0.5, 0.6) is 0 Å². The van der Waals surface area contributed by atoms with Gasteiger partial charge in [0.1, 0.15) is 17.1 Å². The Morgan fingerprint density at radius 1 is 1.62 bits per heavy atom. The molecule has 140 valence electrons. The molecule has 1 aromatic rings. The number of hydrogen-bond acceptors (Lipinski definition) is 5. The number of terminal acetylenes is 1. The fourth-order valence-corrected chi connectivity index (χ4v) is 3.07. The van der Waals surface area contributed by atoms with Crippen molar-refractivity contribution in [2.24, 2.45) is 5.73 Å². The predicted molar refractivity (Wildman–Crippen MR) is 89.5 cm³/mol. The third-order valence-electron chi connectivity index (χ3n) is 4.14. The number of anilines is 1. The summed E-state index contributed by atoms with van der Waals surface area (Å²) in [5.74, 6) is 1.44. The van der Waals surface area contributed by atoms with E-state index < -0.39 is 30.5 Å². The van der Waals surface area contributed by atoms with Crippen molar-refractivity contribution in [3.05, 3.63) is 23.9 Å². The number of rotatable bonds is 7. The number of alkyl halides is 2. The highest BCUT2D eigenvalue weighted by molar-refractivity contribution is 6.00. The minimum absolute atomic E-state index is 0.0591. The van der Waals surface area contributed by atoms with Gasteiger partial charge in [0.2, 0.25) is 5.91 Å². The molecular weight excluding hydrogens is 348 g/mol. The van der Waals surface area contributed by atoms with E-state index in [2.05, 4.69) is 27.7 Å². The highest BCUT2D eigenvalue weighted by Gasteiger charge is 2.38. The molecule has 1 aliphatic heterocycles. The molecule has 0 saturated carbocycles. The maximum atomic E-state index is 12.4. The van der Waals surface area contributed by atoms with Crippen LogP contribution in [0.2, 0.25) is 0 Å². The van der Waals surface area contributed by atoms with Crippen molar-refractivity contribution in [3.8, 4) is 12.3 Å². The first-order valence-electron chi connectivity index (χ1n) is 7.73. The zero-order valence-electron chi connectivity index (χ0n) is 14.1. The Balaban J connectivity index is 2.37. The maximum Gasteiger partial charge on any atom is 0.345 e. The van der Waals surface area contributed by atoms with Crippen molar-refractivity contribution >= 4 is 17.6 Å². The summed E-state index contributed by atoms with van der Waals surface area (Å²) in [6.45, 7) is 0.304. The summed E-state index contributed by atoms with van der Waals surface area (Å²) in [7, 11) is 1.57. The molecule has 0 radical (unpaired) electrons. The van der Waals surface area contributed by atoms with E-state index in [-0.39, 0.29) is 30.8 Å². The molecule has 2 amide bonds. The highest BCUT2D eigenvalue weighted by atomic mass is 19.3. The van der Waals surface area contributed by atoms with E-state index in [0.29, 0.717) is 5.82 Å². The van der Waals surface area contributed by atoms with Crippen molar-refractivity contribution in [2.45, 2.75) is 25.1 Å². The van der Waals surface area contributed by atoms with Crippen LogP contribution in [0.15, 0.2) is 12.7 Å². The minimum atomic E-state index is -2.94. The van der Waals surface area contributed by atoms with E-state index in [1.807, 2.05) is 0 Å². The minimum Gasteiger partial charge on any atom is -0.373 e. The van der Waals surface area contributed by atoms with Crippen molar-refractivity contribution in [1.29, 1.82) is 0 Å². The molecule has 1 aromatic heterocycles. The Bertz CT molecular complexity index is 756. The van der Waals surface area contributed by atoms with E-state index in [4.69, 9.17) is 12.2 Å². The highest BCUT2D eigenvalue weighted by Crippen LogP contribution is 2.32. The lowest BCUT2D eigenvalue weighted by atomic mass is 10.1. The molecule has 8 nitrogen and oxygen atoms in total. The summed E-state index contributed by atoms with van der Waals surface area (Å²) in [5, 5.41) is 7.05. The first-order valence-corrected chi connectivity index (χ1v) is 7.73. The van der Waals surface area contributed by atoms with Crippen LogP contribution in [-0.2, 0) is 9.53 Å². The number of nitrogens with two attached hydrogens (primary N) is 1. The number of nitrogens with one attached hydrogen (secondary N) is 1. The average molecular weight is 367 g/mol. The molecule has 0 aliphatic carbocycles. The van der Waals surface area contributed by atoms with Gasteiger partial charge in [-0.15, -0.1) is 6.42 Å². The van der Waals surface area contributed by atoms with Crippen molar-refractivity contribution < 1.29 is 23.1 Å². The molecule has 2 heterocycles. The number of ether oxygens (including phenoxy) is 1. The van der Waals surface area contributed by atoms with Gasteiger partial charge < -0.3 is 20.7 Å². The van der Waals surface area contributed by atoms with Gasteiger partial charge in [-0.2, -0.15) is 13.9 Å². The monoisotopic (exact) mass is 367 g/mol. The second-order valence-electron chi connectivity index (χ2n) is 5.61. The fraction of sp³-hybridized carbons (Fsp3) is 0.438. The van der Waals surface area contributed by atoms with Gasteiger partial charge >= 0.3 is 6.61 Å². The molecule has 0 unspecified atom stereocenters. The van der Waals surface area contributed by atoms with E-state index in [0.717, 1.165) is 6.08 Å². The first kappa shape index (κ1) is 19.4. The summed E-state index contributed by atoms with van der Waals surface area (Å²) < 4.78 is 30.6. The van der Waals surface area contributed by atoms with E-state index in [1.54, 1.807) is 7.05 Å². The molecule has 1 aliphatic rings. The molecule has 1 fully saturated rings. The van der Waals surface area contributed by atoms with Gasteiger partial charge in [-0.25, -0.2) is 4.68 Å². The maximum absolute atomic E-state index is 12.4. The van der Waals surface area contributed by atoms with E-state index in [1.165, 1.54) is 9.58 Å². The number of carbonyl (C=O) groups excluding carboxylic acids is 2. The standard InChI is InChI=1S/C16H19F2N5O3/c1-4-11-13(14(19)25)15(20-3)23(21-11)9-6-10(8-26-16(17)18)22(7-9)12(24)5-2/h1,5,9-10,16,20H,2,6-8H2,3H3,(H2,19,25)/t9-,10+/m0/s1. The van der Waals surface area contributed by atoms with Crippen LogP contribution >= 0.6 is 0 Å². The van der Waals surface area contributed by atoms with Crippen LogP contribution in [-0.4, -0.2) is 59.3 Å². The zero-order chi connectivity index (χ0) is 19.4. The van der Waals surface area contributed by atoms with Gasteiger partial charge in [-0.1, -0.05) is 6.58 Å². The number of carbonyl (C=O) groups is 2. The third kappa shape index (κ3) is 3.67. The normalized spacial score (nSPS) is 19.4. The smallest absolute Gasteiger partial charge is 0.345 e. The zero-order valence-corrected chi connectivity index (χ0v) is 14.1. The van der Waals surface area contributed by atoms with Gasteiger partial charge in [0.15, 0.2) is 0 Å². The summed E-state index contributed by atoms with van der Waals surface area (Å²) in [5.41, 5.74) is 5.50. The largest absolute Gasteiger partial charge is 0.373 e. The summed E-state index contributed by atoms with van der Waals surface area (Å²) in [4.78, 5) is 25.1. The topological polar surface area (TPSA) is 102 Å². The Labute approximate surface area is 149 Å². The third-order valence-corrected chi connectivity index (χ3v) is 4.14. The molecule has 0 aromatic carbocycles. The van der Waals surface area contributed by atoms with Crippen LogP contribution in [0.1, 0.15) is 28.5 Å². The van der Waals surface area contributed by atoms with E-state index in [9.17, 15) is 18.4 Å². The lowest BCUT2D eigenvalue weighted by Gasteiger charge is -2.22. The fourth-order valence-electron chi connectivity index (χ4n) is 3.07. The molecule has 2 atom stereocenters. The number of amides is 2. The van der Waals surface area contributed by atoms with Crippen LogP contribution in [0.3, 0.4) is 0 Å². The Morgan fingerprint density at radius 2 is 2.31 bits per heavy atom. The van der Waals surface area contributed by atoms with Crippen LogP contribution in [0, 0.1) is 12.3 Å². The average Bonchev–Trinajstić information content (AvgIpc) is 3.19. The lowest BCUT2D eigenvalue weighted by molar-refractivity contribution is -0.146. The van der Waals surface area contributed by atoms with Gasteiger partial charge in [0, 0.05) is 13.6 Å². The number of nitrogens with zero attached hydrogens (tertiary/aromatic N) is 3. The molecule has 2 rings (SSSR count). The number of halogens is 2. The number of primary amides is 1. The van der Waals surface area contributed by atoms with Crippen LogP contribution < -0.4 is 11.1 Å². The Morgan fingerprint density at radius 3 is 2.81 bits per heavy atom. The summed E-state index contributed by atoms with van der Waals surface area (Å²) in [6, 6.07) is -1.01. The lowest BCUT2D eigenvalue weighted by Crippen LogP contribution is -2.37. The predicted octanol–water partition coefficient (Wildman–Crippen LogP) is 0.572. The SMILES string of the molecule is C#Cc1nn([C@H]2C[C@H](COC(F)F)N(C(=O)C=C)C2)c(NC)c1C(N)=O. The first-order chi connectivity index (χ1) is 12.3. The molecule has 26 heavy (non-hydrogen) atoms. The van der Waals surface area contributed by atoms with Gasteiger partial charge in [0.25, 0.3) is 5.91 Å². The number of likely N-dealkylation sites (tertiary alicyclic amines) is 1.